The van der Waals surface area contributed by atoms with Crippen molar-refractivity contribution in [1.29, 1.82) is 0 Å². The predicted molar refractivity (Wildman–Crippen MR) is 65.8 cm³/mol. The molecule has 0 aliphatic carbocycles. The fourth-order valence-corrected chi connectivity index (χ4v) is 2.61. The van der Waals surface area contributed by atoms with Gasteiger partial charge in [0.15, 0.2) is 0 Å². The van der Waals surface area contributed by atoms with E-state index >= 15 is 0 Å². The standard InChI is InChI=1S/C11H12F3NO5S/c1-20-8-6-7(10(16)17)2-3-9(8)21(18,19)15-5-4-11(12,13)14/h2-3,6,15H,4-5H2,1H3,(H,16,17). The fraction of sp³-hybridized carbons (Fsp3) is 0.364. The summed E-state index contributed by atoms with van der Waals surface area (Å²) in [7, 11) is -3.12. The first kappa shape index (κ1) is 17.2. The molecule has 0 unspecified atom stereocenters. The van der Waals surface area contributed by atoms with Crippen LogP contribution in [0.1, 0.15) is 16.8 Å². The van der Waals surface area contributed by atoms with E-state index in [0.717, 1.165) is 25.3 Å². The van der Waals surface area contributed by atoms with Crippen LogP contribution in [-0.4, -0.2) is 39.3 Å². The zero-order chi connectivity index (χ0) is 16.3. The van der Waals surface area contributed by atoms with Crippen molar-refractivity contribution in [2.45, 2.75) is 17.5 Å². The van der Waals surface area contributed by atoms with Crippen LogP contribution in [0.4, 0.5) is 13.2 Å². The molecule has 0 saturated carbocycles. The Morgan fingerprint density at radius 2 is 2.00 bits per heavy atom. The summed E-state index contributed by atoms with van der Waals surface area (Å²) in [5.41, 5.74) is -0.207. The Morgan fingerprint density at radius 1 is 1.38 bits per heavy atom. The molecule has 1 rings (SSSR count). The van der Waals surface area contributed by atoms with Crippen LogP contribution in [0.25, 0.3) is 0 Å². The number of aromatic carboxylic acids is 1. The van der Waals surface area contributed by atoms with Gasteiger partial charge in [-0.05, 0) is 18.2 Å². The van der Waals surface area contributed by atoms with Gasteiger partial charge in [-0.25, -0.2) is 17.9 Å². The molecule has 6 nitrogen and oxygen atoms in total. The lowest BCUT2D eigenvalue weighted by Crippen LogP contribution is -2.28. The Labute approximate surface area is 118 Å². The average molecular weight is 327 g/mol. The van der Waals surface area contributed by atoms with Gasteiger partial charge in [0.25, 0.3) is 0 Å². The number of carboxylic acid groups (broad SMARTS) is 1. The van der Waals surface area contributed by atoms with Crippen molar-refractivity contribution in [1.82, 2.24) is 4.72 Å². The molecule has 0 radical (unpaired) electrons. The van der Waals surface area contributed by atoms with Gasteiger partial charge < -0.3 is 9.84 Å². The number of methoxy groups -OCH3 is 1. The Bertz CT molecular complexity index is 627. The Hall–Kier alpha value is -1.81. The number of nitrogens with one attached hydrogen (secondary N) is 1. The van der Waals surface area contributed by atoms with E-state index in [4.69, 9.17) is 9.84 Å². The maximum Gasteiger partial charge on any atom is 0.390 e. The number of benzene rings is 1. The van der Waals surface area contributed by atoms with E-state index in [1.165, 1.54) is 0 Å². The summed E-state index contributed by atoms with van der Waals surface area (Å²) in [6.07, 6.45) is -5.80. The number of carboxylic acids is 1. The van der Waals surface area contributed by atoms with Crippen LogP contribution in [0.5, 0.6) is 5.75 Å². The van der Waals surface area contributed by atoms with Crippen LogP contribution in [0, 0.1) is 0 Å². The van der Waals surface area contributed by atoms with Gasteiger partial charge >= 0.3 is 12.1 Å². The largest absolute Gasteiger partial charge is 0.495 e. The van der Waals surface area contributed by atoms with Gasteiger partial charge in [-0.3, -0.25) is 0 Å². The molecular formula is C11H12F3NO5S. The highest BCUT2D eigenvalue weighted by Crippen LogP contribution is 2.25. The smallest absolute Gasteiger partial charge is 0.390 e. The zero-order valence-corrected chi connectivity index (χ0v) is 11.6. The summed E-state index contributed by atoms with van der Waals surface area (Å²) >= 11 is 0. The monoisotopic (exact) mass is 327 g/mol. The first-order chi connectivity index (χ1) is 9.57. The second-order valence-electron chi connectivity index (χ2n) is 3.93. The molecule has 0 saturated heterocycles. The number of hydrogen-bond acceptors (Lipinski definition) is 4. The highest BCUT2D eigenvalue weighted by atomic mass is 32.2. The minimum absolute atomic E-state index is 0.207. The molecule has 2 N–H and O–H groups in total. The molecule has 0 fully saturated rings. The van der Waals surface area contributed by atoms with Crippen molar-refractivity contribution < 1.29 is 36.2 Å². The van der Waals surface area contributed by atoms with E-state index in [2.05, 4.69) is 0 Å². The predicted octanol–water partition coefficient (Wildman–Crippen LogP) is 1.62. The molecule has 1 aromatic rings. The van der Waals surface area contributed by atoms with Crippen molar-refractivity contribution in [3.8, 4) is 5.75 Å². The summed E-state index contributed by atoms with van der Waals surface area (Å²) in [5, 5.41) is 8.78. The van der Waals surface area contributed by atoms with Crippen LogP contribution >= 0.6 is 0 Å². The molecule has 0 aliphatic heterocycles. The van der Waals surface area contributed by atoms with Crippen LogP contribution in [0.3, 0.4) is 0 Å². The zero-order valence-electron chi connectivity index (χ0n) is 10.8. The first-order valence-corrected chi connectivity index (χ1v) is 7.03. The summed E-state index contributed by atoms with van der Waals surface area (Å²) in [5.74, 6) is -1.56. The van der Waals surface area contributed by atoms with Crippen molar-refractivity contribution in [3.63, 3.8) is 0 Å². The van der Waals surface area contributed by atoms with Crippen LogP contribution in [0.15, 0.2) is 23.1 Å². The second kappa shape index (κ2) is 6.31. The molecule has 0 bridgehead atoms. The lowest BCUT2D eigenvalue weighted by Gasteiger charge is -2.12. The maximum absolute atomic E-state index is 12.0. The van der Waals surface area contributed by atoms with E-state index < -0.39 is 40.0 Å². The SMILES string of the molecule is COc1cc(C(=O)O)ccc1S(=O)(=O)NCCC(F)(F)F. The first-order valence-electron chi connectivity index (χ1n) is 5.54. The quantitative estimate of drug-likeness (QED) is 0.828. The third-order valence-electron chi connectivity index (χ3n) is 2.40. The Kier molecular flexibility index (Phi) is 5.18. The summed E-state index contributed by atoms with van der Waals surface area (Å²) in [4.78, 5) is 10.3. The Morgan fingerprint density at radius 3 is 2.48 bits per heavy atom. The van der Waals surface area contributed by atoms with Crippen LogP contribution in [0.2, 0.25) is 0 Å². The summed E-state index contributed by atoms with van der Waals surface area (Å²) in [6.45, 7) is -0.824. The molecule has 118 valence electrons. The third-order valence-corrected chi connectivity index (χ3v) is 3.90. The molecule has 0 spiro atoms. The van der Waals surface area contributed by atoms with Crippen molar-refractivity contribution in [3.05, 3.63) is 23.8 Å². The van der Waals surface area contributed by atoms with Crippen molar-refractivity contribution in [2.24, 2.45) is 0 Å². The molecule has 0 heterocycles. The van der Waals surface area contributed by atoms with Gasteiger partial charge in [-0.1, -0.05) is 0 Å². The van der Waals surface area contributed by atoms with E-state index in [1.54, 1.807) is 4.72 Å². The number of hydrogen-bond donors (Lipinski definition) is 2. The molecular weight excluding hydrogens is 315 g/mol. The number of halogens is 3. The van der Waals surface area contributed by atoms with Crippen LogP contribution < -0.4 is 9.46 Å². The van der Waals surface area contributed by atoms with Gasteiger partial charge in [0.05, 0.1) is 19.1 Å². The third kappa shape index (κ3) is 4.90. The number of rotatable bonds is 6. The van der Waals surface area contributed by atoms with Gasteiger partial charge in [0, 0.05) is 6.54 Å². The average Bonchev–Trinajstić information content (AvgIpc) is 2.35. The molecule has 21 heavy (non-hydrogen) atoms. The van der Waals surface area contributed by atoms with Gasteiger partial charge in [0.2, 0.25) is 10.0 Å². The minimum Gasteiger partial charge on any atom is -0.495 e. The lowest BCUT2D eigenvalue weighted by molar-refractivity contribution is -0.132. The highest BCUT2D eigenvalue weighted by Gasteiger charge is 2.28. The van der Waals surface area contributed by atoms with Crippen molar-refractivity contribution >= 4 is 16.0 Å². The lowest BCUT2D eigenvalue weighted by atomic mass is 10.2. The van der Waals surface area contributed by atoms with E-state index in [0.29, 0.717) is 0 Å². The molecule has 0 aliphatic rings. The van der Waals surface area contributed by atoms with Gasteiger partial charge in [-0.2, -0.15) is 13.2 Å². The molecule has 0 atom stereocenters. The topological polar surface area (TPSA) is 92.7 Å². The fourth-order valence-electron chi connectivity index (χ4n) is 1.43. The van der Waals surface area contributed by atoms with Gasteiger partial charge in [0.1, 0.15) is 10.6 Å². The normalized spacial score (nSPS) is 12.2. The number of carbonyl (C=O) groups is 1. The van der Waals surface area contributed by atoms with E-state index in [-0.39, 0.29) is 11.3 Å². The number of sulfonamides is 1. The molecule has 10 heteroatoms. The number of ether oxygens (including phenoxy) is 1. The minimum atomic E-state index is -4.49. The number of alkyl halides is 3. The van der Waals surface area contributed by atoms with Gasteiger partial charge in [-0.15, -0.1) is 0 Å². The second-order valence-corrected chi connectivity index (χ2v) is 5.67. The van der Waals surface area contributed by atoms with E-state index in [9.17, 15) is 26.4 Å². The Balaban J connectivity index is 3.00. The van der Waals surface area contributed by atoms with Crippen molar-refractivity contribution in [2.75, 3.05) is 13.7 Å². The van der Waals surface area contributed by atoms with Crippen LogP contribution in [-0.2, 0) is 10.0 Å². The summed E-state index contributed by atoms with van der Waals surface area (Å²) < 4.78 is 66.3. The maximum atomic E-state index is 12.0. The molecule has 1 aromatic carbocycles. The highest BCUT2D eigenvalue weighted by molar-refractivity contribution is 7.89. The summed E-state index contributed by atoms with van der Waals surface area (Å²) in [6, 6.07) is 2.95. The molecule has 0 amide bonds. The van der Waals surface area contributed by atoms with E-state index in [1.807, 2.05) is 0 Å². The molecule has 0 aromatic heterocycles.